The quantitative estimate of drug-likeness (QED) is 0.231. The third-order valence-electron chi connectivity index (χ3n) is 5.74. The number of aliphatic imine (C=N–C) groups is 1. The summed E-state index contributed by atoms with van der Waals surface area (Å²) in [6.07, 6.45) is 5.81. The van der Waals surface area contributed by atoms with Crippen molar-refractivity contribution in [1.82, 2.24) is 10.6 Å². The van der Waals surface area contributed by atoms with Crippen molar-refractivity contribution in [2.45, 2.75) is 51.2 Å². The fourth-order valence-electron chi connectivity index (χ4n) is 4.00. The van der Waals surface area contributed by atoms with Crippen LogP contribution in [0.5, 0.6) is 0 Å². The number of hydrogen-bond donors (Lipinski definition) is 2. The second-order valence-electron chi connectivity index (χ2n) is 8.02. The molecule has 2 unspecified atom stereocenters. The minimum atomic E-state index is 0. The Kier molecular flexibility index (Phi) is 12.0. The molecular weight excluding hydrogens is 493 g/mol. The average Bonchev–Trinajstić information content (AvgIpc) is 2.77. The van der Waals surface area contributed by atoms with Gasteiger partial charge in [0.05, 0.1) is 12.2 Å². The Hall–Kier alpha value is -0.900. The lowest BCUT2D eigenvalue weighted by atomic mass is 9.89. The monoisotopic (exact) mass is 531 g/mol. The fourth-order valence-corrected chi connectivity index (χ4v) is 4.00. The van der Waals surface area contributed by atoms with E-state index in [9.17, 15) is 0 Å². The highest BCUT2D eigenvalue weighted by Gasteiger charge is 2.27. The van der Waals surface area contributed by atoms with Crippen molar-refractivity contribution in [1.29, 1.82) is 0 Å². The second kappa shape index (κ2) is 14.2. The molecule has 0 aliphatic carbocycles. The Balaban J connectivity index is 0.00000320. The molecule has 2 atom stereocenters. The van der Waals surface area contributed by atoms with Gasteiger partial charge >= 0.3 is 0 Å². The fraction of sp³-hybridized carbons (Fsp3) is 0.696. The van der Waals surface area contributed by atoms with Crippen LogP contribution < -0.4 is 10.6 Å². The normalized spacial score (nSPS) is 22.9. The van der Waals surface area contributed by atoms with Crippen molar-refractivity contribution in [3.8, 4) is 0 Å². The minimum absolute atomic E-state index is 0. The van der Waals surface area contributed by atoms with Crippen molar-refractivity contribution in [3.05, 3.63) is 35.4 Å². The number of nitrogens with one attached hydrogen (secondary N) is 2. The number of halogens is 1. The number of aryl methyl sites for hydroxylation is 1. The molecule has 7 heteroatoms. The van der Waals surface area contributed by atoms with Gasteiger partial charge in [0.25, 0.3) is 0 Å². The highest BCUT2D eigenvalue weighted by Crippen LogP contribution is 2.33. The lowest BCUT2D eigenvalue weighted by Crippen LogP contribution is -2.42. The van der Waals surface area contributed by atoms with Crippen LogP contribution in [-0.4, -0.2) is 58.6 Å². The van der Waals surface area contributed by atoms with Crippen molar-refractivity contribution in [2.75, 3.05) is 46.6 Å². The molecule has 1 aromatic carbocycles. The number of guanidine groups is 1. The Morgan fingerprint density at radius 3 is 2.60 bits per heavy atom. The zero-order chi connectivity index (χ0) is 20.3. The molecule has 0 aromatic heterocycles. The molecule has 2 heterocycles. The number of ether oxygens (including phenoxy) is 3. The molecule has 170 valence electrons. The van der Waals surface area contributed by atoms with Crippen LogP contribution in [0, 0.1) is 12.8 Å². The highest BCUT2D eigenvalue weighted by atomic mass is 127. The number of hydrogen-bond acceptors (Lipinski definition) is 4. The van der Waals surface area contributed by atoms with Gasteiger partial charge in [-0.2, -0.15) is 0 Å². The van der Waals surface area contributed by atoms with Crippen LogP contribution in [-0.2, 0) is 14.2 Å². The topological polar surface area (TPSA) is 64.1 Å². The molecule has 3 rings (SSSR count). The van der Waals surface area contributed by atoms with Crippen LogP contribution in [0.15, 0.2) is 29.3 Å². The summed E-state index contributed by atoms with van der Waals surface area (Å²) in [5, 5.41) is 6.89. The zero-order valence-electron chi connectivity index (χ0n) is 18.4. The molecule has 30 heavy (non-hydrogen) atoms. The van der Waals surface area contributed by atoms with Gasteiger partial charge in [-0.25, -0.2) is 0 Å². The molecular formula is C23H38IN3O3. The van der Waals surface area contributed by atoms with Crippen molar-refractivity contribution in [3.63, 3.8) is 0 Å². The van der Waals surface area contributed by atoms with Gasteiger partial charge in [-0.1, -0.05) is 29.8 Å². The first-order valence-electron chi connectivity index (χ1n) is 11.1. The predicted molar refractivity (Wildman–Crippen MR) is 132 cm³/mol. The number of nitrogens with zero attached hydrogens (tertiary/aromatic N) is 1. The first kappa shape index (κ1) is 25.4. The van der Waals surface area contributed by atoms with Crippen LogP contribution in [0.4, 0.5) is 0 Å². The van der Waals surface area contributed by atoms with E-state index < -0.39 is 0 Å². The van der Waals surface area contributed by atoms with Gasteiger partial charge in [0.2, 0.25) is 0 Å². The standard InChI is InChI=1S/C23H37N3O3.HI/c1-18-6-8-19(9-7-18)22-20(5-3-13-29-22)17-26-23(24-2)25-12-4-14-28-21-10-15-27-16-11-21;/h6-9,20-22H,3-5,10-17H2,1-2H3,(H2,24,25,26);1H. The van der Waals surface area contributed by atoms with E-state index in [0.29, 0.717) is 12.0 Å². The third kappa shape index (κ3) is 8.32. The minimum Gasteiger partial charge on any atom is -0.381 e. The maximum absolute atomic E-state index is 6.13. The molecule has 0 bridgehead atoms. The van der Waals surface area contributed by atoms with E-state index in [4.69, 9.17) is 14.2 Å². The van der Waals surface area contributed by atoms with Crippen LogP contribution in [0.1, 0.15) is 49.3 Å². The molecule has 0 saturated carbocycles. The summed E-state index contributed by atoms with van der Waals surface area (Å²) in [7, 11) is 1.82. The van der Waals surface area contributed by atoms with E-state index in [2.05, 4.69) is 46.8 Å². The van der Waals surface area contributed by atoms with E-state index in [1.54, 1.807) is 0 Å². The summed E-state index contributed by atoms with van der Waals surface area (Å²) < 4.78 is 17.4. The smallest absolute Gasteiger partial charge is 0.190 e. The lowest BCUT2D eigenvalue weighted by Gasteiger charge is -2.32. The van der Waals surface area contributed by atoms with Gasteiger partial charge < -0.3 is 24.8 Å². The van der Waals surface area contributed by atoms with Gasteiger partial charge in [0.15, 0.2) is 5.96 Å². The maximum atomic E-state index is 6.13. The second-order valence-corrected chi connectivity index (χ2v) is 8.02. The first-order valence-corrected chi connectivity index (χ1v) is 11.1. The van der Waals surface area contributed by atoms with Crippen LogP contribution >= 0.6 is 24.0 Å². The summed E-state index contributed by atoms with van der Waals surface area (Å²) >= 11 is 0. The van der Waals surface area contributed by atoms with E-state index in [0.717, 1.165) is 71.2 Å². The molecule has 0 amide bonds. The molecule has 2 aliphatic heterocycles. The molecule has 2 saturated heterocycles. The van der Waals surface area contributed by atoms with E-state index >= 15 is 0 Å². The zero-order valence-corrected chi connectivity index (χ0v) is 20.7. The molecule has 0 radical (unpaired) electrons. The van der Waals surface area contributed by atoms with E-state index in [-0.39, 0.29) is 30.1 Å². The number of benzene rings is 1. The van der Waals surface area contributed by atoms with Crippen LogP contribution in [0.2, 0.25) is 0 Å². The summed E-state index contributed by atoms with van der Waals surface area (Å²) in [6, 6.07) is 8.73. The van der Waals surface area contributed by atoms with E-state index in [1.807, 2.05) is 7.05 Å². The summed E-state index contributed by atoms with van der Waals surface area (Å²) in [5.74, 6) is 1.30. The Morgan fingerprint density at radius 1 is 1.10 bits per heavy atom. The molecule has 6 nitrogen and oxygen atoms in total. The molecule has 2 aliphatic rings. The average molecular weight is 531 g/mol. The SMILES string of the molecule is CN=C(NCCCOC1CCOCC1)NCC1CCCOC1c1ccc(C)cc1.I. The molecule has 1 aromatic rings. The predicted octanol–water partition coefficient (Wildman–Crippen LogP) is 3.83. The molecule has 2 fully saturated rings. The number of rotatable bonds is 8. The van der Waals surface area contributed by atoms with Crippen molar-refractivity contribution >= 4 is 29.9 Å². The largest absolute Gasteiger partial charge is 0.381 e. The Morgan fingerprint density at radius 2 is 1.87 bits per heavy atom. The summed E-state index contributed by atoms with van der Waals surface area (Å²) in [6.45, 7) is 7.11. The summed E-state index contributed by atoms with van der Waals surface area (Å²) in [4.78, 5) is 4.37. The Bertz CT molecular complexity index is 621. The van der Waals surface area contributed by atoms with Crippen LogP contribution in [0.25, 0.3) is 0 Å². The lowest BCUT2D eigenvalue weighted by molar-refractivity contribution is -0.0320. The van der Waals surface area contributed by atoms with Gasteiger partial charge in [0, 0.05) is 52.5 Å². The van der Waals surface area contributed by atoms with Gasteiger partial charge in [0.1, 0.15) is 0 Å². The van der Waals surface area contributed by atoms with Crippen molar-refractivity contribution in [2.24, 2.45) is 10.9 Å². The van der Waals surface area contributed by atoms with E-state index in [1.165, 1.54) is 17.5 Å². The Labute approximate surface area is 198 Å². The van der Waals surface area contributed by atoms with Gasteiger partial charge in [-0.05, 0) is 44.6 Å². The third-order valence-corrected chi connectivity index (χ3v) is 5.74. The van der Waals surface area contributed by atoms with Gasteiger partial charge in [-0.3, -0.25) is 4.99 Å². The molecule has 2 N–H and O–H groups in total. The van der Waals surface area contributed by atoms with Crippen molar-refractivity contribution < 1.29 is 14.2 Å². The van der Waals surface area contributed by atoms with Gasteiger partial charge in [-0.15, -0.1) is 24.0 Å². The molecule has 0 spiro atoms. The maximum Gasteiger partial charge on any atom is 0.190 e. The van der Waals surface area contributed by atoms with Crippen LogP contribution in [0.3, 0.4) is 0 Å². The first-order chi connectivity index (χ1) is 14.3. The highest BCUT2D eigenvalue weighted by molar-refractivity contribution is 14.0. The summed E-state index contributed by atoms with van der Waals surface area (Å²) in [5.41, 5.74) is 2.56.